The van der Waals surface area contributed by atoms with Gasteiger partial charge in [-0.05, 0) is 12.1 Å². The van der Waals surface area contributed by atoms with Gasteiger partial charge < -0.3 is 6.53 Å². The number of anilines is 1. The molecule has 0 aromatic heterocycles. The van der Waals surface area contributed by atoms with Gasteiger partial charge in [-0.1, -0.05) is 16.1 Å². The van der Waals surface area contributed by atoms with E-state index in [4.69, 9.17) is 20.7 Å². The van der Waals surface area contributed by atoms with E-state index in [1.165, 1.54) is 0 Å². The van der Waals surface area contributed by atoms with Crippen LogP contribution in [0.15, 0.2) is 18.2 Å². The normalized spacial score (nSPS) is 12.1. The van der Waals surface area contributed by atoms with E-state index < -0.39 is 41.1 Å². The number of aromatic hydroxyl groups is 1. The van der Waals surface area contributed by atoms with Gasteiger partial charge in [-0.2, -0.15) is 16.8 Å². The van der Waals surface area contributed by atoms with E-state index >= 15 is 0 Å². The van der Waals surface area contributed by atoms with E-state index in [1.807, 2.05) is 0 Å². The predicted octanol–water partition coefficient (Wildman–Crippen LogP) is -2.32. The molecule has 9 nitrogen and oxygen atoms in total. The Morgan fingerprint density at radius 1 is 1.15 bits per heavy atom. The molecule has 14 heteroatoms. The number of phenolic OH excluding ortho intramolecular Hbond substituents is 1. The number of halogens is 2. The molecule has 1 aromatic carbocycles. The first kappa shape index (κ1) is 19.8. The van der Waals surface area contributed by atoms with E-state index in [0.29, 0.717) is 6.07 Å². The van der Waals surface area contributed by atoms with Gasteiger partial charge in [0, 0.05) is 6.07 Å². The Morgan fingerprint density at radius 3 is 2.00 bits per heavy atom. The van der Waals surface area contributed by atoms with E-state index in [9.17, 15) is 26.4 Å². The summed E-state index contributed by atoms with van der Waals surface area (Å²) in [6.45, 7) is 0. The molecule has 0 atom stereocenters. The standard InChI is InChI=1S/C6H6ClFN2O7S2.Na.H/c7-5-2-1-4(3-6(5)11)9(18(12,13)14)10(8)19(15,16)17;;/h1-3,11H,(H,12,13,14)(H,15,16,17);;/q;+1;-1. The Morgan fingerprint density at radius 2 is 1.65 bits per heavy atom. The van der Waals surface area contributed by atoms with Crippen molar-refractivity contribution in [3.8, 4) is 5.75 Å². The summed E-state index contributed by atoms with van der Waals surface area (Å²) in [4.78, 5) is 0. The third-order valence-electron chi connectivity index (χ3n) is 1.70. The van der Waals surface area contributed by atoms with Crippen molar-refractivity contribution in [1.29, 1.82) is 0 Å². The van der Waals surface area contributed by atoms with Gasteiger partial charge in [-0.3, -0.25) is 9.11 Å². The molecule has 0 spiro atoms. The topological polar surface area (TPSA) is 135 Å². The fraction of sp³-hybridized carbons (Fsp3) is 0. The molecule has 110 valence electrons. The van der Waals surface area contributed by atoms with E-state index in [2.05, 4.69) is 0 Å². The van der Waals surface area contributed by atoms with Crippen molar-refractivity contribution in [2.45, 2.75) is 0 Å². The third kappa shape index (κ3) is 4.68. The number of nitrogens with zero attached hydrogens (tertiary/aromatic N) is 2. The summed E-state index contributed by atoms with van der Waals surface area (Å²) in [6, 6.07) is 2.23. The monoisotopic (exact) mass is 360 g/mol. The molecule has 1 aromatic rings. The van der Waals surface area contributed by atoms with Gasteiger partial charge >= 0.3 is 50.2 Å². The zero-order valence-electron chi connectivity index (χ0n) is 10.7. The summed E-state index contributed by atoms with van der Waals surface area (Å²) in [7, 11) is -11.1. The SMILES string of the molecule is O=S(=O)(O)N(F)N(c1ccc(Cl)c(O)c1)S(=O)(=O)O.[H-].[Na+]. The van der Waals surface area contributed by atoms with Gasteiger partial charge in [0.1, 0.15) is 10.4 Å². The van der Waals surface area contributed by atoms with Gasteiger partial charge in [0.15, 0.2) is 0 Å². The minimum absolute atomic E-state index is 0. The third-order valence-corrected chi connectivity index (χ3v) is 3.46. The molecule has 0 radical (unpaired) electrons. The van der Waals surface area contributed by atoms with Crippen LogP contribution in [0, 0.1) is 0 Å². The van der Waals surface area contributed by atoms with E-state index in [0.717, 1.165) is 12.1 Å². The van der Waals surface area contributed by atoms with Crippen LogP contribution in [0.1, 0.15) is 1.43 Å². The van der Waals surface area contributed by atoms with E-state index in [-0.39, 0.29) is 36.0 Å². The van der Waals surface area contributed by atoms with Gasteiger partial charge in [-0.15, -0.1) is 4.41 Å². The van der Waals surface area contributed by atoms with Crippen molar-refractivity contribution < 1.29 is 66.5 Å². The second-order valence-corrected chi connectivity index (χ2v) is 5.88. The first-order chi connectivity index (χ1) is 8.44. The molecule has 3 N–H and O–H groups in total. The van der Waals surface area contributed by atoms with Crippen molar-refractivity contribution >= 4 is 37.9 Å². The molecule has 1 rings (SSSR count). The summed E-state index contributed by atoms with van der Waals surface area (Å²) >= 11 is 5.41. The number of phenols is 1. The summed E-state index contributed by atoms with van der Waals surface area (Å²) in [5.74, 6) is -0.712. The Hall–Kier alpha value is -0.180. The van der Waals surface area contributed by atoms with Crippen molar-refractivity contribution in [3.05, 3.63) is 23.2 Å². The van der Waals surface area contributed by atoms with Crippen molar-refractivity contribution in [2.75, 3.05) is 4.41 Å². The molecule has 0 heterocycles. The number of benzene rings is 1. The quantitative estimate of drug-likeness (QED) is 0.237. The molecule has 0 aliphatic heterocycles. The molecule has 0 aliphatic rings. The van der Waals surface area contributed by atoms with Crippen LogP contribution < -0.4 is 34.0 Å². The summed E-state index contributed by atoms with van der Waals surface area (Å²) in [5, 5.41) is 8.97. The fourth-order valence-electron chi connectivity index (χ4n) is 1.02. The Balaban J connectivity index is 0. The number of hydrogen-bond donors (Lipinski definition) is 3. The molecule has 20 heavy (non-hydrogen) atoms. The van der Waals surface area contributed by atoms with Crippen LogP contribution in [0.3, 0.4) is 0 Å². The zero-order chi connectivity index (χ0) is 15.0. The Kier molecular flexibility index (Phi) is 6.66. The molecule has 0 unspecified atom stereocenters. The summed E-state index contributed by atoms with van der Waals surface area (Å²) in [5.41, 5.74) is -0.829. The van der Waals surface area contributed by atoms with Crippen molar-refractivity contribution in [3.63, 3.8) is 0 Å². The average Bonchev–Trinajstić information content (AvgIpc) is 2.20. The number of hydrazine groups is 1. The van der Waals surface area contributed by atoms with Gasteiger partial charge in [-0.25, -0.2) is 0 Å². The minimum atomic E-state index is -5.62. The summed E-state index contributed by atoms with van der Waals surface area (Å²) in [6.07, 6.45) is 0. The molecule has 0 bridgehead atoms. The predicted molar refractivity (Wildman–Crippen MR) is 62.8 cm³/mol. The largest absolute Gasteiger partial charge is 1.00 e. The van der Waals surface area contributed by atoms with Gasteiger partial charge in [0.2, 0.25) is 0 Å². The first-order valence-corrected chi connectivity index (χ1v) is 7.31. The number of rotatable bonds is 4. The molecular formula is C6H7ClFN2NaO7S2. The van der Waals surface area contributed by atoms with Crippen LogP contribution in [-0.2, 0) is 20.6 Å². The van der Waals surface area contributed by atoms with Gasteiger partial charge in [0.25, 0.3) is 0 Å². The maximum Gasteiger partial charge on any atom is 1.00 e. The molecule has 0 saturated carbocycles. The van der Waals surface area contributed by atoms with Crippen LogP contribution >= 0.6 is 11.6 Å². The van der Waals surface area contributed by atoms with Crippen molar-refractivity contribution in [2.24, 2.45) is 0 Å². The van der Waals surface area contributed by atoms with Crippen LogP contribution in [0.5, 0.6) is 5.75 Å². The molecular weight excluding hydrogens is 354 g/mol. The smallest absolute Gasteiger partial charge is 1.00 e. The first-order valence-electron chi connectivity index (χ1n) is 4.14. The minimum Gasteiger partial charge on any atom is -1.00 e. The molecule has 0 saturated heterocycles. The Bertz CT molecular complexity index is 703. The molecule has 0 aliphatic carbocycles. The van der Waals surface area contributed by atoms with Crippen molar-refractivity contribution in [1.82, 2.24) is 4.64 Å². The zero-order valence-corrected chi connectivity index (χ0v) is 14.1. The summed E-state index contributed by atoms with van der Waals surface area (Å²) < 4.78 is 70.9. The Labute approximate surface area is 142 Å². The van der Waals surface area contributed by atoms with E-state index in [1.54, 1.807) is 0 Å². The van der Waals surface area contributed by atoms with Gasteiger partial charge in [0.05, 0.1) is 10.7 Å². The van der Waals surface area contributed by atoms with Crippen LogP contribution in [0.25, 0.3) is 0 Å². The van der Waals surface area contributed by atoms with Crippen LogP contribution in [0.4, 0.5) is 10.2 Å². The average molecular weight is 361 g/mol. The molecule has 0 amide bonds. The maximum atomic E-state index is 13.3. The maximum absolute atomic E-state index is 13.3. The second-order valence-electron chi connectivity index (χ2n) is 3.03. The van der Waals surface area contributed by atoms with Crippen LogP contribution in [0.2, 0.25) is 5.02 Å². The van der Waals surface area contributed by atoms with Crippen LogP contribution in [-0.4, -0.2) is 35.7 Å². The molecule has 0 fully saturated rings. The fourth-order valence-corrected chi connectivity index (χ4v) is 2.47. The number of hydrogen-bond acceptors (Lipinski definition) is 5. The second kappa shape index (κ2) is 6.72.